The molecule has 1 atom stereocenters. The molecule has 0 aromatic heterocycles. The lowest BCUT2D eigenvalue weighted by atomic mass is 9.93. The van der Waals surface area contributed by atoms with Crippen LogP contribution in [-0.2, 0) is 17.8 Å². The van der Waals surface area contributed by atoms with Crippen molar-refractivity contribution in [1.82, 2.24) is 20.4 Å². The summed E-state index contributed by atoms with van der Waals surface area (Å²) in [5.74, 6) is 0.123. The number of fused-ring (bicyclic) bond motifs is 1. The Balaban J connectivity index is 1.56. The zero-order valence-electron chi connectivity index (χ0n) is 15.8. The SMILES string of the molecule is CCNC(=O)N1CCC(NC(=O)[C@H]2Cc3ccccc3CN2CC)CC1. The summed E-state index contributed by atoms with van der Waals surface area (Å²) in [6.45, 7) is 7.77. The molecule has 0 aliphatic carbocycles. The molecule has 1 aromatic rings. The van der Waals surface area contributed by atoms with Gasteiger partial charge in [-0.15, -0.1) is 0 Å². The average Bonchev–Trinajstić information content (AvgIpc) is 2.67. The Hall–Kier alpha value is -2.08. The second-order valence-electron chi connectivity index (χ2n) is 7.16. The number of urea groups is 1. The molecule has 0 radical (unpaired) electrons. The molecule has 3 amide bonds. The quantitative estimate of drug-likeness (QED) is 0.862. The number of hydrogen-bond donors (Lipinski definition) is 2. The van der Waals surface area contributed by atoms with E-state index >= 15 is 0 Å². The van der Waals surface area contributed by atoms with Crippen molar-refractivity contribution >= 4 is 11.9 Å². The van der Waals surface area contributed by atoms with Gasteiger partial charge in [-0.3, -0.25) is 9.69 Å². The van der Waals surface area contributed by atoms with Gasteiger partial charge in [0.05, 0.1) is 6.04 Å². The Labute approximate surface area is 155 Å². The van der Waals surface area contributed by atoms with Gasteiger partial charge in [0.15, 0.2) is 0 Å². The van der Waals surface area contributed by atoms with E-state index in [4.69, 9.17) is 0 Å². The predicted octanol–water partition coefficient (Wildman–Crippen LogP) is 1.74. The maximum Gasteiger partial charge on any atom is 0.317 e. The molecule has 6 heteroatoms. The van der Waals surface area contributed by atoms with E-state index in [0.717, 1.165) is 32.4 Å². The Kier molecular flexibility index (Phi) is 6.14. The van der Waals surface area contributed by atoms with Crippen LogP contribution in [0, 0.1) is 0 Å². The van der Waals surface area contributed by atoms with Crippen LogP contribution in [0.1, 0.15) is 37.8 Å². The van der Waals surface area contributed by atoms with Crippen molar-refractivity contribution in [3.63, 3.8) is 0 Å². The van der Waals surface area contributed by atoms with Gasteiger partial charge in [-0.2, -0.15) is 0 Å². The van der Waals surface area contributed by atoms with E-state index in [-0.39, 0.29) is 24.0 Å². The number of carbonyl (C=O) groups is 2. The fourth-order valence-electron chi connectivity index (χ4n) is 3.96. The molecule has 6 nitrogen and oxygen atoms in total. The van der Waals surface area contributed by atoms with Crippen molar-refractivity contribution in [2.45, 2.75) is 51.7 Å². The Morgan fingerprint density at radius 2 is 1.81 bits per heavy atom. The summed E-state index contributed by atoms with van der Waals surface area (Å²) >= 11 is 0. The van der Waals surface area contributed by atoms with Crippen molar-refractivity contribution in [2.75, 3.05) is 26.2 Å². The third-order valence-electron chi connectivity index (χ3n) is 5.51. The molecule has 0 unspecified atom stereocenters. The molecule has 1 aromatic carbocycles. The third kappa shape index (κ3) is 4.18. The maximum atomic E-state index is 12.9. The molecular formula is C20H30N4O2. The highest BCUT2D eigenvalue weighted by atomic mass is 16.2. The van der Waals surface area contributed by atoms with Gasteiger partial charge >= 0.3 is 6.03 Å². The van der Waals surface area contributed by atoms with E-state index in [0.29, 0.717) is 19.6 Å². The highest BCUT2D eigenvalue weighted by Crippen LogP contribution is 2.23. The van der Waals surface area contributed by atoms with Gasteiger partial charge in [-0.05, 0) is 43.9 Å². The molecule has 1 fully saturated rings. The number of carbonyl (C=O) groups excluding carboxylic acids is 2. The molecule has 2 aliphatic heterocycles. The first kappa shape index (κ1) is 18.7. The molecular weight excluding hydrogens is 328 g/mol. The molecule has 142 valence electrons. The van der Waals surface area contributed by atoms with E-state index < -0.39 is 0 Å². The molecule has 1 saturated heterocycles. The number of likely N-dealkylation sites (N-methyl/N-ethyl adjacent to an activating group) is 1. The molecule has 26 heavy (non-hydrogen) atoms. The number of nitrogens with one attached hydrogen (secondary N) is 2. The number of nitrogens with zero attached hydrogens (tertiary/aromatic N) is 2. The number of amides is 3. The summed E-state index contributed by atoms with van der Waals surface area (Å²) in [5.41, 5.74) is 2.61. The van der Waals surface area contributed by atoms with Gasteiger partial charge in [0.25, 0.3) is 0 Å². The van der Waals surface area contributed by atoms with Crippen molar-refractivity contribution in [3.8, 4) is 0 Å². The van der Waals surface area contributed by atoms with E-state index in [1.165, 1.54) is 11.1 Å². The summed E-state index contributed by atoms with van der Waals surface area (Å²) in [7, 11) is 0. The maximum absolute atomic E-state index is 12.9. The molecule has 0 bridgehead atoms. The number of hydrogen-bond acceptors (Lipinski definition) is 3. The lowest BCUT2D eigenvalue weighted by Crippen LogP contribution is -2.55. The first-order chi connectivity index (χ1) is 12.6. The summed E-state index contributed by atoms with van der Waals surface area (Å²) in [5, 5.41) is 6.07. The first-order valence-electron chi connectivity index (χ1n) is 9.76. The monoisotopic (exact) mass is 358 g/mol. The van der Waals surface area contributed by atoms with E-state index in [9.17, 15) is 9.59 Å². The summed E-state index contributed by atoms with van der Waals surface area (Å²) in [6, 6.07) is 8.46. The number of likely N-dealkylation sites (tertiary alicyclic amines) is 1. The van der Waals surface area contributed by atoms with Gasteiger partial charge in [0.2, 0.25) is 5.91 Å². The van der Waals surface area contributed by atoms with Gasteiger partial charge in [0.1, 0.15) is 0 Å². The van der Waals surface area contributed by atoms with E-state index in [2.05, 4.69) is 40.7 Å². The fraction of sp³-hybridized carbons (Fsp3) is 0.600. The van der Waals surface area contributed by atoms with Gasteiger partial charge in [-0.25, -0.2) is 4.79 Å². The average molecular weight is 358 g/mol. The van der Waals surface area contributed by atoms with Gasteiger partial charge in [-0.1, -0.05) is 31.2 Å². The molecule has 0 saturated carbocycles. The van der Waals surface area contributed by atoms with Crippen LogP contribution in [0.2, 0.25) is 0 Å². The third-order valence-corrected chi connectivity index (χ3v) is 5.51. The smallest absolute Gasteiger partial charge is 0.317 e. The fourth-order valence-corrected chi connectivity index (χ4v) is 3.96. The van der Waals surface area contributed by atoms with Crippen LogP contribution in [0.3, 0.4) is 0 Å². The minimum atomic E-state index is -0.101. The second-order valence-corrected chi connectivity index (χ2v) is 7.16. The summed E-state index contributed by atoms with van der Waals surface area (Å²) in [6.07, 6.45) is 2.41. The summed E-state index contributed by atoms with van der Waals surface area (Å²) < 4.78 is 0. The highest BCUT2D eigenvalue weighted by Gasteiger charge is 2.32. The van der Waals surface area contributed by atoms with E-state index in [1.807, 2.05) is 17.9 Å². The van der Waals surface area contributed by atoms with Crippen LogP contribution in [-0.4, -0.2) is 60.0 Å². The van der Waals surface area contributed by atoms with Crippen LogP contribution < -0.4 is 10.6 Å². The second kappa shape index (κ2) is 8.54. The predicted molar refractivity (Wildman–Crippen MR) is 102 cm³/mol. The minimum Gasteiger partial charge on any atom is -0.352 e. The molecule has 2 N–H and O–H groups in total. The van der Waals surface area contributed by atoms with Crippen molar-refractivity contribution < 1.29 is 9.59 Å². The molecule has 0 spiro atoms. The molecule has 2 heterocycles. The number of rotatable bonds is 4. The molecule has 3 rings (SSSR count). The Morgan fingerprint density at radius 3 is 2.46 bits per heavy atom. The molecule has 2 aliphatic rings. The van der Waals surface area contributed by atoms with Crippen molar-refractivity contribution in [3.05, 3.63) is 35.4 Å². The van der Waals surface area contributed by atoms with Crippen LogP contribution in [0.5, 0.6) is 0 Å². The van der Waals surface area contributed by atoms with Crippen molar-refractivity contribution in [1.29, 1.82) is 0 Å². The standard InChI is InChI=1S/C20H30N4O2/c1-3-21-20(26)24-11-9-17(10-12-24)22-19(25)18-13-15-7-5-6-8-16(15)14-23(18)4-2/h5-8,17-18H,3-4,9-14H2,1-2H3,(H,21,26)(H,22,25)/t18-/m1/s1. The lowest BCUT2D eigenvalue weighted by molar-refractivity contribution is -0.128. The zero-order valence-corrected chi connectivity index (χ0v) is 15.8. The Morgan fingerprint density at radius 1 is 1.12 bits per heavy atom. The van der Waals surface area contributed by atoms with E-state index in [1.54, 1.807) is 0 Å². The first-order valence-corrected chi connectivity index (χ1v) is 9.76. The highest BCUT2D eigenvalue weighted by molar-refractivity contribution is 5.83. The zero-order chi connectivity index (χ0) is 18.5. The minimum absolute atomic E-state index is 0.00155. The van der Waals surface area contributed by atoms with Crippen LogP contribution in [0.25, 0.3) is 0 Å². The van der Waals surface area contributed by atoms with Gasteiger partial charge < -0.3 is 15.5 Å². The number of benzene rings is 1. The van der Waals surface area contributed by atoms with Crippen LogP contribution in [0.15, 0.2) is 24.3 Å². The number of piperidine rings is 1. The summed E-state index contributed by atoms with van der Waals surface area (Å²) in [4.78, 5) is 28.9. The normalized spacial score (nSPS) is 21.2. The topological polar surface area (TPSA) is 64.7 Å². The van der Waals surface area contributed by atoms with Crippen LogP contribution >= 0.6 is 0 Å². The van der Waals surface area contributed by atoms with Crippen LogP contribution in [0.4, 0.5) is 4.79 Å². The van der Waals surface area contributed by atoms with Crippen molar-refractivity contribution in [2.24, 2.45) is 0 Å². The van der Waals surface area contributed by atoms with Gasteiger partial charge in [0, 0.05) is 32.2 Å². The lowest BCUT2D eigenvalue weighted by Gasteiger charge is -2.37. The Bertz CT molecular complexity index is 640. The largest absolute Gasteiger partial charge is 0.352 e.